The third-order valence-corrected chi connectivity index (χ3v) is 2.23. The van der Waals surface area contributed by atoms with Crippen molar-refractivity contribution < 1.29 is 17.9 Å². The maximum atomic E-state index is 12.5. The minimum absolute atomic E-state index is 0.00600. The standard InChI is InChI=1S/C10H10ClF3O/c1-2-15-6-7-8(10(12,13)14)4-3-5-9(7)11/h3-5H,2,6H2,1H3. The van der Waals surface area contributed by atoms with Crippen molar-refractivity contribution in [2.75, 3.05) is 6.61 Å². The minimum atomic E-state index is -4.39. The van der Waals surface area contributed by atoms with E-state index >= 15 is 0 Å². The molecule has 0 saturated carbocycles. The van der Waals surface area contributed by atoms with E-state index in [9.17, 15) is 13.2 Å². The van der Waals surface area contributed by atoms with Crippen LogP contribution in [0.2, 0.25) is 5.02 Å². The molecule has 0 amide bonds. The van der Waals surface area contributed by atoms with Gasteiger partial charge in [0.25, 0.3) is 0 Å². The van der Waals surface area contributed by atoms with Gasteiger partial charge in [0.2, 0.25) is 0 Å². The van der Waals surface area contributed by atoms with Gasteiger partial charge in [0, 0.05) is 17.2 Å². The zero-order valence-electron chi connectivity index (χ0n) is 8.07. The van der Waals surface area contributed by atoms with Crippen LogP contribution in [0.5, 0.6) is 0 Å². The van der Waals surface area contributed by atoms with Gasteiger partial charge in [0.1, 0.15) is 0 Å². The molecule has 0 N–H and O–H groups in total. The third kappa shape index (κ3) is 3.11. The molecular formula is C10H10ClF3O. The number of alkyl halides is 3. The Kier molecular flexibility index (Phi) is 3.99. The molecule has 0 radical (unpaired) electrons. The molecule has 84 valence electrons. The summed E-state index contributed by atoms with van der Waals surface area (Å²) >= 11 is 5.69. The number of halogens is 4. The number of hydrogen-bond donors (Lipinski definition) is 0. The van der Waals surface area contributed by atoms with E-state index in [1.165, 1.54) is 12.1 Å². The Morgan fingerprint density at radius 2 is 2.00 bits per heavy atom. The van der Waals surface area contributed by atoms with Crippen LogP contribution in [0.4, 0.5) is 13.2 Å². The van der Waals surface area contributed by atoms with Gasteiger partial charge >= 0.3 is 6.18 Å². The van der Waals surface area contributed by atoms with E-state index in [2.05, 4.69) is 0 Å². The van der Waals surface area contributed by atoms with Crippen molar-refractivity contribution in [1.29, 1.82) is 0 Å². The summed E-state index contributed by atoms with van der Waals surface area (Å²) < 4.78 is 42.6. The van der Waals surface area contributed by atoms with Gasteiger partial charge in [0.15, 0.2) is 0 Å². The molecule has 0 heterocycles. The predicted octanol–water partition coefficient (Wildman–Crippen LogP) is 3.90. The van der Waals surface area contributed by atoms with Gasteiger partial charge < -0.3 is 4.74 Å². The molecule has 1 nitrogen and oxygen atoms in total. The van der Waals surface area contributed by atoms with Crippen molar-refractivity contribution in [3.63, 3.8) is 0 Å². The SMILES string of the molecule is CCOCc1c(Cl)cccc1C(F)(F)F. The Hall–Kier alpha value is -0.740. The zero-order chi connectivity index (χ0) is 11.5. The van der Waals surface area contributed by atoms with Crippen LogP contribution < -0.4 is 0 Å². The molecule has 1 rings (SSSR count). The van der Waals surface area contributed by atoms with Crippen LogP contribution in [-0.2, 0) is 17.5 Å². The highest BCUT2D eigenvalue weighted by Crippen LogP contribution is 2.35. The highest BCUT2D eigenvalue weighted by atomic mass is 35.5. The first-order valence-corrected chi connectivity index (χ1v) is 4.77. The van der Waals surface area contributed by atoms with Crippen LogP contribution >= 0.6 is 11.6 Å². The second kappa shape index (κ2) is 4.86. The van der Waals surface area contributed by atoms with E-state index in [0.29, 0.717) is 6.61 Å². The second-order valence-corrected chi connectivity index (χ2v) is 3.31. The maximum absolute atomic E-state index is 12.5. The Bertz CT molecular complexity index is 336. The first-order valence-electron chi connectivity index (χ1n) is 4.39. The lowest BCUT2D eigenvalue weighted by Crippen LogP contribution is -2.10. The average molecular weight is 239 g/mol. The Morgan fingerprint density at radius 3 is 2.53 bits per heavy atom. The predicted molar refractivity (Wildman–Crippen MR) is 51.8 cm³/mol. The summed E-state index contributed by atoms with van der Waals surface area (Å²) in [6.45, 7) is 1.94. The molecule has 0 aliphatic heterocycles. The number of hydrogen-bond acceptors (Lipinski definition) is 1. The number of rotatable bonds is 3. The highest BCUT2D eigenvalue weighted by Gasteiger charge is 2.33. The van der Waals surface area contributed by atoms with Crippen LogP contribution in [-0.4, -0.2) is 6.61 Å². The first kappa shape index (κ1) is 12.3. The fourth-order valence-corrected chi connectivity index (χ4v) is 1.40. The van der Waals surface area contributed by atoms with E-state index < -0.39 is 11.7 Å². The lowest BCUT2D eigenvalue weighted by atomic mass is 10.1. The van der Waals surface area contributed by atoms with Gasteiger partial charge in [-0.2, -0.15) is 13.2 Å². The monoisotopic (exact) mass is 238 g/mol. The lowest BCUT2D eigenvalue weighted by molar-refractivity contribution is -0.138. The summed E-state index contributed by atoms with van der Waals surface area (Å²) in [4.78, 5) is 0. The van der Waals surface area contributed by atoms with Crippen LogP contribution in [0.25, 0.3) is 0 Å². The van der Waals surface area contributed by atoms with E-state index in [1.54, 1.807) is 6.92 Å². The molecule has 0 fully saturated rings. The quantitative estimate of drug-likeness (QED) is 0.776. The van der Waals surface area contributed by atoms with E-state index in [1.807, 2.05) is 0 Å². The van der Waals surface area contributed by atoms with Crippen molar-refractivity contribution in [2.45, 2.75) is 19.7 Å². The van der Waals surface area contributed by atoms with Gasteiger partial charge in [0.05, 0.1) is 12.2 Å². The van der Waals surface area contributed by atoms with Crippen molar-refractivity contribution in [1.82, 2.24) is 0 Å². The minimum Gasteiger partial charge on any atom is -0.377 e. The summed E-state index contributed by atoms with van der Waals surface area (Å²) in [6, 6.07) is 3.70. The molecule has 0 aromatic heterocycles. The maximum Gasteiger partial charge on any atom is 0.416 e. The Balaban J connectivity index is 3.09. The zero-order valence-corrected chi connectivity index (χ0v) is 8.82. The van der Waals surface area contributed by atoms with Crippen LogP contribution in [0.15, 0.2) is 18.2 Å². The first-order chi connectivity index (χ1) is 6.96. The van der Waals surface area contributed by atoms with E-state index in [-0.39, 0.29) is 17.2 Å². The fraction of sp³-hybridized carbons (Fsp3) is 0.400. The van der Waals surface area contributed by atoms with Crippen molar-refractivity contribution in [2.24, 2.45) is 0 Å². The molecule has 1 aromatic rings. The summed E-state index contributed by atoms with van der Waals surface area (Å²) in [5.74, 6) is 0. The van der Waals surface area contributed by atoms with Gasteiger partial charge in [-0.15, -0.1) is 0 Å². The van der Waals surface area contributed by atoms with Crippen molar-refractivity contribution >= 4 is 11.6 Å². The van der Waals surface area contributed by atoms with Gasteiger partial charge in [-0.1, -0.05) is 17.7 Å². The van der Waals surface area contributed by atoms with Crippen molar-refractivity contribution in [3.05, 3.63) is 34.3 Å². The Labute approximate surface area is 90.8 Å². The van der Waals surface area contributed by atoms with Gasteiger partial charge in [-0.3, -0.25) is 0 Å². The van der Waals surface area contributed by atoms with Crippen LogP contribution in [0, 0.1) is 0 Å². The molecular weight excluding hydrogens is 229 g/mol. The van der Waals surface area contributed by atoms with Crippen LogP contribution in [0.3, 0.4) is 0 Å². The summed E-state index contributed by atoms with van der Waals surface area (Å²) in [5, 5.41) is 0.0817. The lowest BCUT2D eigenvalue weighted by Gasteiger charge is -2.13. The highest BCUT2D eigenvalue weighted by molar-refractivity contribution is 6.31. The summed E-state index contributed by atoms with van der Waals surface area (Å²) in [5.41, 5.74) is -0.739. The average Bonchev–Trinajstić information content (AvgIpc) is 2.14. The summed E-state index contributed by atoms with van der Waals surface area (Å²) in [6.07, 6.45) is -4.39. The van der Waals surface area contributed by atoms with Crippen LogP contribution in [0.1, 0.15) is 18.1 Å². The molecule has 0 unspecified atom stereocenters. The van der Waals surface area contributed by atoms with Gasteiger partial charge in [-0.05, 0) is 19.1 Å². The number of benzene rings is 1. The molecule has 5 heteroatoms. The molecule has 0 spiro atoms. The second-order valence-electron chi connectivity index (χ2n) is 2.90. The molecule has 0 bridgehead atoms. The topological polar surface area (TPSA) is 9.23 Å². The third-order valence-electron chi connectivity index (χ3n) is 1.87. The number of ether oxygens (including phenoxy) is 1. The molecule has 0 aliphatic carbocycles. The Morgan fingerprint density at radius 1 is 1.33 bits per heavy atom. The molecule has 0 saturated heterocycles. The van der Waals surface area contributed by atoms with E-state index in [4.69, 9.17) is 16.3 Å². The largest absolute Gasteiger partial charge is 0.416 e. The fourth-order valence-electron chi connectivity index (χ4n) is 1.18. The molecule has 0 atom stereocenters. The summed E-state index contributed by atoms with van der Waals surface area (Å²) in [7, 11) is 0. The molecule has 15 heavy (non-hydrogen) atoms. The van der Waals surface area contributed by atoms with E-state index in [0.717, 1.165) is 6.07 Å². The smallest absolute Gasteiger partial charge is 0.377 e. The molecule has 0 aliphatic rings. The van der Waals surface area contributed by atoms with Crippen molar-refractivity contribution in [3.8, 4) is 0 Å². The normalized spacial score (nSPS) is 11.8. The molecule has 1 aromatic carbocycles. The van der Waals surface area contributed by atoms with Gasteiger partial charge in [-0.25, -0.2) is 0 Å².